The van der Waals surface area contributed by atoms with Crippen molar-refractivity contribution in [2.24, 2.45) is 11.8 Å². The summed E-state index contributed by atoms with van der Waals surface area (Å²) in [5, 5.41) is 3.47. The first-order chi connectivity index (χ1) is 10.3. The van der Waals surface area contributed by atoms with E-state index in [1.54, 1.807) is 0 Å². The zero-order valence-corrected chi connectivity index (χ0v) is 12.9. The van der Waals surface area contributed by atoms with Crippen LogP contribution in [0.15, 0.2) is 0 Å². The van der Waals surface area contributed by atoms with Crippen molar-refractivity contribution in [2.75, 3.05) is 46.0 Å². The molecule has 0 aromatic carbocycles. The standard InChI is InChI=1S/C16H28N2O3/c19-16(5-10-21-15-3-8-20-9-4-15)18-6-1-13-11-17-12-14(13)2-7-18/h13-15,17H,1-12H2/t13-,14+. The number of rotatable bonds is 4. The lowest BCUT2D eigenvalue weighted by atomic mass is 9.92. The molecule has 1 N–H and O–H groups in total. The summed E-state index contributed by atoms with van der Waals surface area (Å²) in [5.74, 6) is 1.83. The second-order valence-corrected chi connectivity index (χ2v) is 6.57. The van der Waals surface area contributed by atoms with Gasteiger partial charge in [0, 0.05) is 26.3 Å². The van der Waals surface area contributed by atoms with Crippen LogP contribution in [-0.2, 0) is 14.3 Å². The van der Waals surface area contributed by atoms with E-state index in [1.807, 2.05) is 0 Å². The Balaban J connectivity index is 1.36. The highest BCUT2D eigenvalue weighted by atomic mass is 16.5. The maximum absolute atomic E-state index is 12.3. The number of amides is 1. The van der Waals surface area contributed by atoms with Crippen LogP contribution in [-0.4, -0.2) is 62.9 Å². The SMILES string of the molecule is O=C(CCOC1CCOCC1)N1CC[C@@H]2CNC[C@@H]2CC1. The van der Waals surface area contributed by atoms with Gasteiger partial charge in [0.25, 0.3) is 0 Å². The zero-order chi connectivity index (χ0) is 14.5. The largest absolute Gasteiger partial charge is 0.381 e. The first kappa shape index (κ1) is 15.3. The smallest absolute Gasteiger partial charge is 0.224 e. The monoisotopic (exact) mass is 296 g/mol. The molecular formula is C16H28N2O3. The van der Waals surface area contributed by atoms with Crippen molar-refractivity contribution >= 4 is 5.91 Å². The molecule has 0 radical (unpaired) electrons. The molecule has 3 heterocycles. The Bertz CT molecular complexity index is 330. The van der Waals surface area contributed by atoms with E-state index in [1.165, 1.54) is 0 Å². The molecule has 3 aliphatic heterocycles. The number of hydrogen-bond acceptors (Lipinski definition) is 4. The fourth-order valence-electron chi connectivity index (χ4n) is 3.78. The first-order valence-electron chi connectivity index (χ1n) is 8.51. The number of nitrogens with zero attached hydrogens (tertiary/aromatic N) is 1. The van der Waals surface area contributed by atoms with Crippen molar-refractivity contribution in [1.82, 2.24) is 10.2 Å². The Morgan fingerprint density at radius 3 is 2.43 bits per heavy atom. The summed E-state index contributed by atoms with van der Waals surface area (Å²) in [6, 6.07) is 0. The third kappa shape index (κ3) is 4.18. The highest BCUT2D eigenvalue weighted by Gasteiger charge is 2.31. The van der Waals surface area contributed by atoms with Crippen LogP contribution in [0.5, 0.6) is 0 Å². The molecule has 5 heteroatoms. The van der Waals surface area contributed by atoms with Crippen molar-refractivity contribution < 1.29 is 14.3 Å². The maximum atomic E-state index is 12.3. The molecule has 120 valence electrons. The minimum Gasteiger partial charge on any atom is -0.381 e. The van der Waals surface area contributed by atoms with Crippen LogP contribution < -0.4 is 5.32 Å². The van der Waals surface area contributed by atoms with Gasteiger partial charge in [0.05, 0.1) is 19.1 Å². The van der Waals surface area contributed by atoms with Gasteiger partial charge in [0.2, 0.25) is 5.91 Å². The normalized spacial score (nSPS) is 31.0. The molecule has 0 saturated carbocycles. The molecule has 0 spiro atoms. The van der Waals surface area contributed by atoms with E-state index in [4.69, 9.17) is 9.47 Å². The van der Waals surface area contributed by atoms with Gasteiger partial charge < -0.3 is 19.7 Å². The Hall–Kier alpha value is -0.650. The summed E-state index contributed by atoms with van der Waals surface area (Å²) < 4.78 is 11.1. The van der Waals surface area contributed by atoms with Gasteiger partial charge in [-0.25, -0.2) is 0 Å². The molecule has 0 unspecified atom stereocenters. The van der Waals surface area contributed by atoms with Gasteiger partial charge in [0.15, 0.2) is 0 Å². The van der Waals surface area contributed by atoms with Crippen LogP contribution in [0.2, 0.25) is 0 Å². The highest BCUT2D eigenvalue weighted by molar-refractivity contribution is 5.76. The maximum Gasteiger partial charge on any atom is 0.224 e. The van der Waals surface area contributed by atoms with E-state index in [2.05, 4.69) is 10.2 Å². The molecule has 0 aromatic heterocycles. The molecular weight excluding hydrogens is 268 g/mol. The molecule has 0 bridgehead atoms. The van der Waals surface area contributed by atoms with E-state index < -0.39 is 0 Å². The van der Waals surface area contributed by atoms with Gasteiger partial charge in [-0.1, -0.05) is 0 Å². The average Bonchev–Trinajstić information content (AvgIpc) is 2.87. The predicted octanol–water partition coefficient (Wildman–Crippen LogP) is 1.03. The lowest BCUT2D eigenvalue weighted by Gasteiger charge is -2.24. The van der Waals surface area contributed by atoms with Crippen molar-refractivity contribution in [3.63, 3.8) is 0 Å². The summed E-state index contributed by atoms with van der Waals surface area (Å²) in [6.45, 7) is 6.29. The quantitative estimate of drug-likeness (QED) is 0.842. The van der Waals surface area contributed by atoms with Crippen molar-refractivity contribution in [3.8, 4) is 0 Å². The fraction of sp³-hybridized carbons (Fsp3) is 0.938. The number of carbonyl (C=O) groups is 1. The summed E-state index contributed by atoms with van der Waals surface area (Å²) in [7, 11) is 0. The van der Waals surface area contributed by atoms with E-state index >= 15 is 0 Å². The van der Waals surface area contributed by atoms with Crippen LogP contribution >= 0.6 is 0 Å². The summed E-state index contributed by atoms with van der Waals surface area (Å²) >= 11 is 0. The Morgan fingerprint density at radius 1 is 1.10 bits per heavy atom. The Labute approximate surface area is 127 Å². The highest BCUT2D eigenvalue weighted by Crippen LogP contribution is 2.27. The number of carbonyl (C=O) groups excluding carboxylic acids is 1. The van der Waals surface area contributed by atoms with Crippen LogP contribution in [0.3, 0.4) is 0 Å². The zero-order valence-electron chi connectivity index (χ0n) is 12.9. The van der Waals surface area contributed by atoms with Gasteiger partial charge >= 0.3 is 0 Å². The van der Waals surface area contributed by atoms with Gasteiger partial charge in [-0.3, -0.25) is 4.79 Å². The number of likely N-dealkylation sites (tertiary alicyclic amines) is 1. The number of fused-ring (bicyclic) bond motifs is 1. The second-order valence-electron chi connectivity index (χ2n) is 6.57. The Morgan fingerprint density at radius 2 is 1.76 bits per heavy atom. The molecule has 5 nitrogen and oxygen atoms in total. The predicted molar refractivity (Wildman–Crippen MR) is 80.1 cm³/mol. The fourth-order valence-corrected chi connectivity index (χ4v) is 3.78. The number of nitrogens with one attached hydrogen (secondary N) is 1. The molecule has 3 aliphatic rings. The summed E-state index contributed by atoms with van der Waals surface area (Å²) in [5.41, 5.74) is 0. The van der Waals surface area contributed by atoms with Crippen LogP contribution in [0.4, 0.5) is 0 Å². The lowest BCUT2D eigenvalue weighted by Crippen LogP contribution is -2.34. The van der Waals surface area contributed by atoms with Gasteiger partial charge in [-0.2, -0.15) is 0 Å². The third-order valence-electron chi connectivity index (χ3n) is 5.21. The van der Waals surface area contributed by atoms with E-state index in [0.717, 1.165) is 76.9 Å². The van der Waals surface area contributed by atoms with Crippen LogP contribution in [0.25, 0.3) is 0 Å². The van der Waals surface area contributed by atoms with E-state index in [-0.39, 0.29) is 5.91 Å². The van der Waals surface area contributed by atoms with Crippen LogP contribution in [0, 0.1) is 11.8 Å². The lowest BCUT2D eigenvalue weighted by molar-refractivity contribution is -0.133. The minimum atomic E-state index is 0.273. The topological polar surface area (TPSA) is 50.8 Å². The molecule has 0 aromatic rings. The molecule has 3 rings (SSSR count). The molecule has 1 amide bonds. The Kier molecular flexibility index (Phi) is 5.49. The van der Waals surface area contributed by atoms with E-state index in [0.29, 0.717) is 19.1 Å². The number of ether oxygens (including phenoxy) is 2. The van der Waals surface area contributed by atoms with E-state index in [9.17, 15) is 4.79 Å². The molecule has 0 aliphatic carbocycles. The minimum absolute atomic E-state index is 0.273. The average molecular weight is 296 g/mol. The number of hydrogen-bond donors (Lipinski definition) is 1. The van der Waals surface area contributed by atoms with Gasteiger partial charge in [-0.05, 0) is 50.6 Å². The van der Waals surface area contributed by atoms with Crippen LogP contribution in [0.1, 0.15) is 32.1 Å². The van der Waals surface area contributed by atoms with Gasteiger partial charge in [-0.15, -0.1) is 0 Å². The molecule has 21 heavy (non-hydrogen) atoms. The molecule has 3 saturated heterocycles. The second kappa shape index (κ2) is 7.56. The van der Waals surface area contributed by atoms with Crippen molar-refractivity contribution in [1.29, 1.82) is 0 Å². The molecule has 3 fully saturated rings. The molecule has 2 atom stereocenters. The summed E-state index contributed by atoms with van der Waals surface area (Å²) in [4.78, 5) is 14.4. The van der Waals surface area contributed by atoms with Crippen molar-refractivity contribution in [2.45, 2.75) is 38.2 Å². The van der Waals surface area contributed by atoms with Gasteiger partial charge in [0.1, 0.15) is 0 Å². The first-order valence-corrected chi connectivity index (χ1v) is 8.51. The third-order valence-corrected chi connectivity index (χ3v) is 5.21. The van der Waals surface area contributed by atoms with Crippen molar-refractivity contribution in [3.05, 3.63) is 0 Å². The summed E-state index contributed by atoms with van der Waals surface area (Å²) in [6.07, 6.45) is 5.07.